The number of carbonyl (C=O) groups excluding carboxylic acids is 4. The number of imide groups is 1. The van der Waals surface area contributed by atoms with Crippen molar-refractivity contribution in [1.29, 1.82) is 0 Å². The van der Waals surface area contributed by atoms with Gasteiger partial charge < -0.3 is 14.8 Å². The van der Waals surface area contributed by atoms with Gasteiger partial charge in [-0.2, -0.15) is 0 Å². The van der Waals surface area contributed by atoms with Gasteiger partial charge in [0.1, 0.15) is 5.75 Å². The number of rotatable bonds is 8. The lowest BCUT2D eigenvalue weighted by molar-refractivity contribution is -0.150. The Morgan fingerprint density at radius 1 is 1.21 bits per heavy atom. The quantitative estimate of drug-likeness (QED) is 0.542. The third-order valence-corrected chi connectivity index (χ3v) is 3.00. The largest absolute Gasteiger partial charge is 0.481 e. The number of hydrogen-bond donors (Lipinski definition) is 2. The van der Waals surface area contributed by atoms with Crippen LogP contribution in [0.25, 0.3) is 0 Å². The number of aldehydes is 1. The Balaban J connectivity index is 2.32. The molecule has 8 heteroatoms. The summed E-state index contributed by atoms with van der Waals surface area (Å²) in [7, 11) is 0. The maximum absolute atomic E-state index is 11.5. The standard InChI is InChI=1S/C16H20N2O6/c1-3-11(2)17-16(22)18-14(20)9-24-15(21)10-23-13-7-5-4-6-12(13)8-19/h4-8,11H,3,9-10H2,1-2H3,(H2,17,18,20,22)/t11-/m0/s1. The van der Waals surface area contributed by atoms with Crippen molar-refractivity contribution >= 4 is 24.2 Å². The number of urea groups is 1. The molecule has 130 valence electrons. The zero-order chi connectivity index (χ0) is 17.9. The van der Waals surface area contributed by atoms with Crippen LogP contribution in [0, 0.1) is 0 Å². The second-order valence-corrected chi connectivity index (χ2v) is 4.94. The normalized spacial score (nSPS) is 11.1. The zero-order valence-electron chi connectivity index (χ0n) is 13.5. The predicted octanol–water partition coefficient (Wildman–Crippen LogP) is 1.05. The smallest absolute Gasteiger partial charge is 0.344 e. The molecular formula is C16H20N2O6. The first-order chi connectivity index (χ1) is 11.5. The zero-order valence-corrected chi connectivity index (χ0v) is 13.5. The molecule has 3 amide bonds. The third kappa shape index (κ3) is 6.91. The molecule has 1 atom stereocenters. The summed E-state index contributed by atoms with van der Waals surface area (Å²) in [6, 6.07) is 5.65. The second-order valence-electron chi connectivity index (χ2n) is 4.94. The SMILES string of the molecule is CC[C@H](C)NC(=O)NC(=O)COC(=O)COc1ccccc1C=O. The van der Waals surface area contributed by atoms with Gasteiger partial charge >= 0.3 is 12.0 Å². The van der Waals surface area contributed by atoms with E-state index in [2.05, 4.69) is 10.1 Å². The molecular weight excluding hydrogens is 316 g/mol. The van der Waals surface area contributed by atoms with Crippen LogP contribution in [0.3, 0.4) is 0 Å². The van der Waals surface area contributed by atoms with Crippen molar-refractivity contribution in [2.45, 2.75) is 26.3 Å². The van der Waals surface area contributed by atoms with Gasteiger partial charge in [0.15, 0.2) is 19.5 Å². The lowest BCUT2D eigenvalue weighted by Crippen LogP contribution is -2.44. The van der Waals surface area contributed by atoms with Crippen LogP contribution in [0.4, 0.5) is 4.79 Å². The predicted molar refractivity (Wildman–Crippen MR) is 84.7 cm³/mol. The molecule has 1 aromatic rings. The van der Waals surface area contributed by atoms with Crippen molar-refractivity contribution < 1.29 is 28.7 Å². The summed E-state index contributed by atoms with van der Waals surface area (Å²) in [4.78, 5) is 45.2. The molecule has 0 unspecified atom stereocenters. The molecule has 0 aliphatic heterocycles. The Hall–Kier alpha value is -2.90. The van der Waals surface area contributed by atoms with Crippen LogP contribution in [-0.4, -0.2) is 43.4 Å². The van der Waals surface area contributed by atoms with Crippen LogP contribution in [-0.2, 0) is 14.3 Å². The van der Waals surface area contributed by atoms with Crippen LogP contribution in [0.15, 0.2) is 24.3 Å². The highest BCUT2D eigenvalue weighted by Gasteiger charge is 2.13. The fourth-order valence-corrected chi connectivity index (χ4v) is 1.56. The van der Waals surface area contributed by atoms with Crippen LogP contribution in [0.5, 0.6) is 5.75 Å². The van der Waals surface area contributed by atoms with E-state index in [1.165, 1.54) is 12.1 Å². The summed E-state index contributed by atoms with van der Waals surface area (Å²) in [5.74, 6) is -1.31. The molecule has 1 aromatic carbocycles. The number of benzene rings is 1. The number of hydrogen-bond acceptors (Lipinski definition) is 6. The van der Waals surface area contributed by atoms with Gasteiger partial charge in [0.05, 0.1) is 5.56 Å². The number of nitrogens with one attached hydrogen (secondary N) is 2. The molecule has 0 fully saturated rings. The van der Waals surface area contributed by atoms with Crippen LogP contribution in [0.2, 0.25) is 0 Å². The molecule has 0 aliphatic carbocycles. The molecule has 2 N–H and O–H groups in total. The first kappa shape index (κ1) is 19.1. The Morgan fingerprint density at radius 3 is 2.58 bits per heavy atom. The summed E-state index contributed by atoms with van der Waals surface area (Å²) < 4.78 is 9.84. The average molecular weight is 336 g/mol. The Labute approximate surface area is 139 Å². The molecule has 0 radical (unpaired) electrons. The van der Waals surface area contributed by atoms with Crippen molar-refractivity contribution in [3.05, 3.63) is 29.8 Å². The minimum absolute atomic E-state index is 0.0772. The van der Waals surface area contributed by atoms with E-state index in [1.54, 1.807) is 19.1 Å². The number of ether oxygens (including phenoxy) is 2. The summed E-state index contributed by atoms with van der Waals surface area (Å²) in [5.41, 5.74) is 0.296. The van der Waals surface area contributed by atoms with E-state index >= 15 is 0 Å². The van der Waals surface area contributed by atoms with Crippen LogP contribution >= 0.6 is 0 Å². The van der Waals surface area contributed by atoms with Crippen molar-refractivity contribution in [3.63, 3.8) is 0 Å². The van der Waals surface area contributed by atoms with E-state index in [-0.39, 0.29) is 11.8 Å². The third-order valence-electron chi connectivity index (χ3n) is 3.00. The summed E-state index contributed by atoms with van der Waals surface area (Å²) >= 11 is 0. The van der Waals surface area contributed by atoms with Gasteiger partial charge in [0.25, 0.3) is 5.91 Å². The van der Waals surface area contributed by atoms with E-state index in [0.29, 0.717) is 11.8 Å². The minimum atomic E-state index is -0.798. The molecule has 8 nitrogen and oxygen atoms in total. The number of esters is 1. The fraction of sp³-hybridized carbons (Fsp3) is 0.375. The molecule has 0 aromatic heterocycles. The van der Waals surface area contributed by atoms with E-state index in [9.17, 15) is 19.2 Å². The molecule has 1 rings (SSSR count). The lowest BCUT2D eigenvalue weighted by Gasteiger charge is -2.12. The lowest BCUT2D eigenvalue weighted by atomic mass is 10.2. The van der Waals surface area contributed by atoms with Crippen molar-refractivity contribution in [2.75, 3.05) is 13.2 Å². The van der Waals surface area contributed by atoms with Crippen LogP contribution in [0.1, 0.15) is 30.6 Å². The topological polar surface area (TPSA) is 111 Å². The Bertz CT molecular complexity index is 602. The van der Waals surface area contributed by atoms with Gasteiger partial charge in [-0.3, -0.25) is 14.9 Å². The van der Waals surface area contributed by atoms with E-state index in [0.717, 1.165) is 6.42 Å². The van der Waals surface area contributed by atoms with Crippen molar-refractivity contribution in [2.24, 2.45) is 0 Å². The first-order valence-electron chi connectivity index (χ1n) is 7.39. The van der Waals surface area contributed by atoms with E-state index in [1.807, 2.05) is 12.2 Å². The van der Waals surface area contributed by atoms with E-state index < -0.39 is 31.1 Å². The summed E-state index contributed by atoms with van der Waals surface area (Å²) in [6.45, 7) is 2.61. The highest BCUT2D eigenvalue weighted by atomic mass is 16.6. The van der Waals surface area contributed by atoms with Gasteiger partial charge in [0, 0.05) is 6.04 Å². The van der Waals surface area contributed by atoms with Gasteiger partial charge in [0.2, 0.25) is 0 Å². The average Bonchev–Trinajstić information content (AvgIpc) is 2.57. The van der Waals surface area contributed by atoms with E-state index in [4.69, 9.17) is 4.74 Å². The first-order valence-corrected chi connectivity index (χ1v) is 7.39. The molecule has 24 heavy (non-hydrogen) atoms. The maximum Gasteiger partial charge on any atom is 0.344 e. The fourth-order valence-electron chi connectivity index (χ4n) is 1.56. The molecule has 0 spiro atoms. The van der Waals surface area contributed by atoms with Crippen LogP contribution < -0.4 is 15.4 Å². The van der Waals surface area contributed by atoms with Crippen molar-refractivity contribution in [3.8, 4) is 5.75 Å². The highest BCUT2D eigenvalue weighted by Crippen LogP contribution is 2.15. The summed E-state index contributed by atoms with van der Waals surface area (Å²) in [5, 5.41) is 4.58. The molecule has 0 heterocycles. The summed E-state index contributed by atoms with van der Waals surface area (Å²) in [6.07, 6.45) is 1.32. The Morgan fingerprint density at radius 2 is 1.92 bits per heavy atom. The molecule has 0 bridgehead atoms. The number of para-hydroxylation sites is 1. The highest BCUT2D eigenvalue weighted by molar-refractivity contribution is 5.95. The van der Waals surface area contributed by atoms with Gasteiger partial charge in [-0.15, -0.1) is 0 Å². The molecule has 0 saturated carbocycles. The Kier molecular flexibility index (Phi) is 7.97. The van der Waals surface area contributed by atoms with Crippen molar-refractivity contribution in [1.82, 2.24) is 10.6 Å². The van der Waals surface area contributed by atoms with Gasteiger partial charge in [-0.05, 0) is 25.5 Å². The maximum atomic E-state index is 11.5. The monoisotopic (exact) mass is 336 g/mol. The number of amides is 3. The number of carbonyl (C=O) groups is 4. The second kappa shape index (κ2) is 9.98. The molecule has 0 aliphatic rings. The van der Waals surface area contributed by atoms with Gasteiger partial charge in [-0.25, -0.2) is 9.59 Å². The van der Waals surface area contributed by atoms with Gasteiger partial charge in [-0.1, -0.05) is 19.1 Å². The molecule has 0 saturated heterocycles. The minimum Gasteiger partial charge on any atom is -0.481 e.